The van der Waals surface area contributed by atoms with E-state index in [2.05, 4.69) is 48.3 Å². The number of pyridine rings is 1. The average Bonchev–Trinajstić information content (AvgIpc) is 2.84. The first kappa shape index (κ1) is 19.1. The normalized spacial score (nSPS) is 15.0. The van der Waals surface area contributed by atoms with Crippen molar-refractivity contribution in [1.82, 2.24) is 20.2 Å². The Labute approximate surface area is 176 Å². The van der Waals surface area contributed by atoms with E-state index in [0.717, 1.165) is 45.7 Å². The Morgan fingerprint density at radius 3 is 2.89 bits per heavy atom. The van der Waals surface area contributed by atoms with Crippen molar-refractivity contribution in [3.63, 3.8) is 0 Å². The van der Waals surface area contributed by atoms with Gasteiger partial charge in [0.1, 0.15) is 5.69 Å². The third-order valence-electron chi connectivity index (χ3n) is 4.30. The lowest BCUT2D eigenvalue weighted by molar-refractivity contribution is 0.220. The van der Waals surface area contributed by atoms with Gasteiger partial charge < -0.3 is 10.1 Å². The number of unbranched alkanes of at least 4 members (excludes halogenated alkanes) is 1. The molecule has 144 valence electrons. The third kappa shape index (κ3) is 4.12. The Bertz CT molecular complexity index is 1000. The van der Waals surface area contributed by atoms with Crippen LogP contribution in [-0.4, -0.2) is 25.9 Å². The summed E-state index contributed by atoms with van der Waals surface area (Å²) in [5.74, 6) is 1.42. The van der Waals surface area contributed by atoms with Crippen molar-refractivity contribution in [2.24, 2.45) is 0 Å². The lowest BCUT2D eigenvalue weighted by Gasteiger charge is -2.18. The van der Waals surface area contributed by atoms with Gasteiger partial charge in [-0.1, -0.05) is 47.1 Å². The standard InChI is InChI=1S/C20H20BrN5OS/c1-3-4-10-28-20-24-19-17(25-26-20)14-11-13(21)8-9-15(14)23-18(27-19)16-7-5-6-12(2)22-16/h5-9,11,18,23H,3-4,10H2,1-2H3/t18-/m1/s1. The van der Waals surface area contributed by atoms with Crippen molar-refractivity contribution in [2.45, 2.75) is 38.1 Å². The number of nitrogens with one attached hydrogen (secondary N) is 1. The molecule has 0 fully saturated rings. The predicted octanol–water partition coefficient (Wildman–Crippen LogP) is 5.40. The highest BCUT2D eigenvalue weighted by Crippen LogP contribution is 2.40. The van der Waals surface area contributed by atoms with E-state index in [-0.39, 0.29) is 0 Å². The predicted molar refractivity (Wildman–Crippen MR) is 115 cm³/mol. The molecule has 0 amide bonds. The van der Waals surface area contributed by atoms with Crippen molar-refractivity contribution < 1.29 is 4.74 Å². The summed E-state index contributed by atoms with van der Waals surface area (Å²) in [5, 5.41) is 12.8. The van der Waals surface area contributed by atoms with Gasteiger partial charge in [0.2, 0.25) is 17.3 Å². The fraction of sp³-hybridized carbons (Fsp3) is 0.300. The summed E-state index contributed by atoms with van der Waals surface area (Å²) in [7, 11) is 0. The van der Waals surface area contributed by atoms with E-state index >= 15 is 0 Å². The van der Waals surface area contributed by atoms with E-state index in [1.807, 2.05) is 43.3 Å². The van der Waals surface area contributed by atoms with Gasteiger partial charge in [-0.15, -0.1) is 10.2 Å². The molecule has 0 saturated carbocycles. The number of hydrogen-bond acceptors (Lipinski definition) is 7. The van der Waals surface area contributed by atoms with Crippen molar-refractivity contribution in [2.75, 3.05) is 11.1 Å². The highest BCUT2D eigenvalue weighted by Gasteiger charge is 2.27. The fourth-order valence-electron chi connectivity index (χ4n) is 2.88. The second kappa shape index (κ2) is 8.45. The molecule has 6 nitrogen and oxygen atoms in total. The van der Waals surface area contributed by atoms with Crippen LogP contribution in [0.4, 0.5) is 5.69 Å². The molecule has 3 heterocycles. The van der Waals surface area contributed by atoms with Crippen LogP contribution in [0.15, 0.2) is 46.0 Å². The lowest BCUT2D eigenvalue weighted by atomic mass is 10.1. The average molecular weight is 458 g/mol. The Morgan fingerprint density at radius 1 is 1.18 bits per heavy atom. The molecule has 0 unspecified atom stereocenters. The minimum atomic E-state index is -0.466. The number of aryl methyl sites for hydroxylation is 1. The summed E-state index contributed by atoms with van der Waals surface area (Å²) in [6.07, 6.45) is 1.78. The molecule has 0 bridgehead atoms. The van der Waals surface area contributed by atoms with Crippen LogP contribution in [0.25, 0.3) is 11.3 Å². The van der Waals surface area contributed by atoms with E-state index < -0.39 is 6.23 Å². The number of nitrogens with zero attached hydrogens (tertiary/aromatic N) is 4. The number of benzene rings is 1. The first-order valence-corrected chi connectivity index (χ1v) is 11.0. The summed E-state index contributed by atoms with van der Waals surface area (Å²) in [6.45, 7) is 4.13. The van der Waals surface area contributed by atoms with Crippen LogP contribution < -0.4 is 10.1 Å². The number of thioether (sulfide) groups is 1. The number of anilines is 1. The van der Waals surface area contributed by atoms with E-state index in [9.17, 15) is 0 Å². The third-order valence-corrected chi connectivity index (χ3v) is 5.71. The molecule has 8 heteroatoms. The van der Waals surface area contributed by atoms with Crippen molar-refractivity contribution >= 4 is 33.4 Å². The van der Waals surface area contributed by atoms with Crippen molar-refractivity contribution in [3.8, 4) is 17.1 Å². The molecule has 0 aliphatic carbocycles. The monoisotopic (exact) mass is 457 g/mol. The molecule has 1 aliphatic heterocycles. The minimum absolute atomic E-state index is 0.464. The van der Waals surface area contributed by atoms with Crippen molar-refractivity contribution in [1.29, 1.82) is 0 Å². The fourth-order valence-corrected chi connectivity index (χ4v) is 4.11. The Morgan fingerprint density at radius 2 is 2.07 bits per heavy atom. The maximum Gasteiger partial charge on any atom is 0.247 e. The molecule has 0 spiro atoms. The molecule has 1 N–H and O–H groups in total. The summed E-state index contributed by atoms with van der Waals surface area (Å²) < 4.78 is 7.20. The van der Waals surface area contributed by atoms with E-state index in [1.54, 1.807) is 11.8 Å². The van der Waals surface area contributed by atoms with Gasteiger partial charge in [-0.3, -0.25) is 4.98 Å². The number of ether oxygens (including phenoxy) is 1. The quantitative estimate of drug-likeness (QED) is 0.405. The van der Waals surface area contributed by atoms with Crippen LogP contribution >= 0.6 is 27.7 Å². The summed E-state index contributed by atoms with van der Waals surface area (Å²) in [6, 6.07) is 11.9. The molecular weight excluding hydrogens is 438 g/mol. The van der Waals surface area contributed by atoms with Gasteiger partial charge in [-0.05, 0) is 43.7 Å². The number of fused-ring (bicyclic) bond motifs is 3. The Kier molecular flexibility index (Phi) is 5.77. The first-order chi connectivity index (χ1) is 13.6. The Hall–Kier alpha value is -2.19. The van der Waals surface area contributed by atoms with E-state index in [0.29, 0.717) is 16.7 Å². The zero-order valence-electron chi connectivity index (χ0n) is 15.6. The van der Waals surface area contributed by atoms with Gasteiger partial charge in [0.15, 0.2) is 5.69 Å². The molecule has 2 aromatic heterocycles. The zero-order valence-corrected chi connectivity index (χ0v) is 18.0. The SMILES string of the molecule is CCCCSc1nnc2c(n1)O[C@H](c1cccc(C)n1)Nc1ccc(Br)cc1-2. The van der Waals surface area contributed by atoms with Gasteiger partial charge in [-0.2, -0.15) is 4.98 Å². The topological polar surface area (TPSA) is 72.8 Å². The van der Waals surface area contributed by atoms with Crippen LogP contribution in [0.1, 0.15) is 37.4 Å². The van der Waals surface area contributed by atoms with Crippen LogP contribution in [0.5, 0.6) is 5.88 Å². The van der Waals surface area contributed by atoms with Crippen LogP contribution in [0.3, 0.4) is 0 Å². The maximum atomic E-state index is 6.25. The number of hydrogen-bond donors (Lipinski definition) is 1. The second-order valence-electron chi connectivity index (χ2n) is 6.49. The van der Waals surface area contributed by atoms with Gasteiger partial charge in [0.25, 0.3) is 0 Å². The first-order valence-electron chi connectivity index (χ1n) is 9.18. The number of halogens is 1. The molecular formula is C20H20BrN5OS. The van der Waals surface area contributed by atoms with E-state index in [4.69, 9.17) is 4.74 Å². The van der Waals surface area contributed by atoms with Gasteiger partial charge >= 0.3 is 0 Å². The molecule has 0 radical (unpaired) electrons. The molecule has 1 aliphatic rings. The maximum absolute atomic E-state index is 6.25. The molecule has 1 atom stereocenters. The zero-order chi connectivity index (χ0) is 19.5. The largest absolute Gasteiger partial charge is 0.446 e. The minimum Gasteiger partial charge on any atom is -0.446 e. The van der Waals surface area contributed by atoms with Gasteiger partial charge in [-0.25, -0.2) is 0 Å². The summed E-state index contributed by atoms with van der Waals surface area (Å²) >= 11 is 5.14. The van der Waals surface area contributed by atoms with Crippen LogP contribution in [0, 0.1) is 6.92 Å². The second-order valence-corrected chi connectivity index (χ2v) is 8.46. The van der Waals surface area contributed by atoms with Crippen molar-refractivity contribution in [3.05, 3.63) is 52.3 Å². The van der Waals surface area contributed by atoms with Crippen LogP contribution in [-0.2, 0) is 0 Å². The van der Waals surface area contributed by atoms with Crippen LogP contribution in [0.2, 0.25) is 0 Å². The van der Waals surface area contributed by atoms with Gasteiger partial charge in [0, 0.05) is 27.2 Å². The smallest absolute Gasteiger partial charge is 0.247 e. The Balaban J connectivity index is 1.77. The molecule has 1 aromatic carbocycles. The van der Waals surface area contributed by atoms with E-state index in [1.165, 1.54) is 0 Å². The number of aromatic nitrogens is 4. The molecule has 0 saturated heterocycles. The molecule has 4 rings (SSSR count). The lowest BCUT2D eigenvalue weighted by Crippen LogP contribution is -2.18. The summed E-state index contributed by atoms with van der Waals surface area (Å²) in [5.41, 5.74) is 4.14. The highest BCUT2D eigenvalue weighted by molar-refractivity contribution is 9.10. The molecule has 3 aromatic rings. The highest BCUT2D eigenvalue weighted by atomic mass is 79.9. The molecule has 28 heavy (non-hydrogen) atoms. The summed E-state index contributed by atoms with van der Waals surface area (Å²) in [4.78, 5) is 9.28. The van der Waals surface area contributed by atoms with Gasteiger partial charge in [0.05, 0.1) is 0 Å². The number of rotatable bonds is 5.